The molecule has 2 aromatic rings. The molecule has 1 fully saturated rings. The monoisotopic (exact) mass is 383 g/mol. The molecule has 1 unspecified atom stereocenters. The number of anilines is 2. The number of benzene rings is 1. The maximum absolute atomic E-state index is 11.1. The molecule has 0 aliphatic carbocycles. The fourth-order valence-corrected chi connectivity index (χ4v) is 3.81. The molecule has 0 saturated carbocycles. The highest BCUT2D eigenvalue weighted by atomic mass is 16.7. The Hall–Kier alpha value is -2.87. The van der Waals surface area contributed by atoms with Gasteiger partial charge in [-0.15, -0.1) is 0 Å². The van der Waals surface area contributed by atoms with Gasteiger partial charge in [0.15, 0.2) is 11.5 Å². The maximum Gasteiger partial charge on any atom is 0.231 e. The number of nitrogens with one attached hydrogen (secondary N) is 1. The van der Waals surface area contributed by atoms with Crippen molar-refractivity contribution in [2.45, 2.75) is 26.3 Å². The van der Waals surface area contributed by atoms with Gasteiger partial charge in [-0.2, -0.15) is 0 Å². The van der Waals surface area contributed by atoms with Crippen LogP contribution in [-0.4, -0.2) is 53.7 Å². The molecule has 148 valence electrons. The summed E-state index contributed by atoms with van der Waals surface area (Å²) in [6, 6.07) is 6.59. The Bertz CT molecular complexity index is 834. The predicted molar refractivity (Wildman–Crippen MR) is 106 cm³/mol. The Kier molecular flexibility index (Phi) is 5.29. The Labute approximate surface area is 164 Å². The van der Waals surface area contributed by atoms with E-state index in [1.165, 1.54) is 12.5 Å². The van der Waals surface area contributed by atoms with Crippen molar-refractivity contribution in [1.29, 1.82) is 0 Å². The second-order valence-corrected chi connectivity index (χ2v) is 7.01. The summed E-state index contributed by atoms with van der Waals surface area (Å²) in [5.74, 6) is 2.23. The first-order chi connectivity index (χ1) is 13.6. The Morgan fingerprint density at radius 1 is 1.14 bits per heavy atom. The van der Waals surface area contributed by atoms with Crippen LogP contribution in [0.15, 0.2) is 30.6 Å². The van der Waals surface area contributed by atoms with Gasteiger partial charge in [-0.25, -0.2) is 9.97 Å². The first-order valence-electron chi connectivity index (χ1n) is 9.62. The van der Waals surface area contributed by atoms with Crippen LogP contribution in [-0.2, 0) is 4.79 Å². The van der Waals surface area contributed by atoms with E-state index in [1.54, 1.807) is 12.4 Å². The van der Waals surface area contributed by atoms with Crippen LogP contribution in [0.25, 0.3) is 0 Å². The lowest BCUT2D eigenvalue weighted by Gasteiger charge is -2.39. The number of hydrogen-bond donors (Lipinski definition) is 1. The molecule has 0 bridgehead atoms. The average Bonchev–Trinajstić information content (AvgIpc) is 3.17. The fourth-order valence-electron chi connectivity index (χ4n) is 3.81. The predicted octanol–water partition coefficient (Wildman–Crippen LogP) is 2.44. The third kappa shape index (κ3) is 3.87. The van der Waals surface area contributed by atoms with E-state index in [-0.39, 0.29) is 5.91 Å². The minimum absolute atomic E-state index is 0.126. The second-order valence-electron chi connectivity index (χ2n) is 7.01. The van der Waals surface area contributed by atoms with Gasteiger partial charge in [0.1, 0.15) is 0 Å². The summed E-state index contributed by atoms with van der Waals surface area (Å²) < 4.78 is 11.0. The van der Waals surface area contributed by atoms with Crippen molar-refractivity contribution in [3.63, 3.8) is 0 Å². The summed E-state index contributed by atoms with van der Waals surface area (Å²) in [7, 11) is 0. The van der Waals surface area contributed by atoms with Gasteiger partial charge in [-0.1, -0.05) is 13.0 Å². The van der Waals surface area contributed by atoms with Gasteiger partial charge in [-0.05, 0) is 24.1 Å². The number of piperazine rings is 1. The number of nitrogens with zero attached hydrogens (tertiary/aromatic N) is 4. The van der Waals surface area contributed by atoms with Crippen molar-refractivity contribution in [1.82, 2.24) is 14.9 Å². The molecule has 0 spiro atoms. The van der Waals surface area contributed by atoms with Crippen LogP contribution < -0.4 is 19.7 Å². The maximum atomic E-state index is 11.1. The molecule has 2 aliphatic rings. The molecule has 28 heavy (non-hydrogen) atoms. The van der Waals surface area contributed by atoms with Crippen molar-refractivity contribution in [2.24, 2.45) is 0 Å². The lowest BCUT2D eigenvalue weighted by Crippen LogP contribution is -2.48. The number of amides is 1. The van der Waals surface area contributed by atoms with Gasteiger partial charge in [0.05, 0.1) is 18.1 Å². The molecule has 1 aromatic carbocycles. The van der Waals surface area contributed by atoms with Crippen molar-refractivity contribution >= 4 is 17.5 Å². The fraction of sp³-hybridized carbons (Fsp3) is 0.450. The van der Waals surface area contributed by atoms with E-state index >= 15 is 0 Å². The van der Waals surface area contributed by atoms with Crippen LogP contribution in [0.4, 0.5) is 11.6 Å². The van der Waals surface area contributed by atoms with Crippen LogP contribution in [0.5, 0.6) is 11.5 Å². The van der Waals surface area contributed by atoms with E-state index in [2.05, 4.69) is 44.1 Å². The molecule has 0 radical (unpaired) electrons. The second kappa shape index (κ2) is 8.02. The van der Waals surface area contributed by atoms with Gasteiger partial charge in [0.25, 0.3) is 0 Å². The molecule has 1 amide bonds. The van der Waals surface area contributed by atoms with Crippen LogP contribution in [0, 0.1) is 0 Å². The highest BCUT2D eigenvalue weighted by Gasteiger charge is 2.26. The number of carbonyl (C=O) groups is 1. The van der Waals surface area contributed by atoms with E-state index in [4.69, 9.17) is 9.47 Å². The minimum atomic E-state index is -0.126. The zero-order valence-corrected chi connectivity index (χ0v) is 16.2. The van der Waals surface area contributed by atoms with Gasteiger partial charge in [-0.3, -0.25) is 9.69 Å². The summed E-state index contributed by atoms with van der Waals surface area (Å²) in [6.07, 6.45) is 4.33. The average molecular weight is 383 g/mol. The molecule has 8 heteroatoms. The summed E-state index contributed by atoms with van der Waals surface area (Å²) >= 11 is 0. The third-order valence-electron chi connectivity index (χ3n) is 5.16. The molecule has 3 heterocycles. The normalized spacial score (nSPS) is 17.4. The third-order valence-corrected chi connectivity index (χ3v) is 5.16. The van der Waals surface area contributed by atoms with Crippen LogP contribution in [0.3, 0.4) is 0 Å². The number of ether oxygens (including phenoxy) is 2. The molecule has 1 saturated heterocycles. The lowest BCUT2D eigenvalue weighted by molar-refractivity contribution is -0.114. The smallest absolute Gasteiger partial charge is 0.231 e. The van der Waals surface area contributed by atoms with E-state index < -0.39 is 0 Å². The molecule has 1 N–H and O–H groups in total. The number of rotatable bonds is 5. The molecular formula is C20H25N5O3. The number of carbonyl (C=O) groups excluding carboxylic acids is 1. The van der Waals surface area contributed by atoms with Gasteiger partial charge < -0.3 is 19.7 Å². The molecule has 1 aromatic heterocycles. The largest absolute Gasteiger partial charge is 0.454 e. The van der Waals surface area contributed by atoms with Gasteiger partial charge in [0, 0.05) is 39.1 Å². The van der Waals surface area contributed by atoms with Crippen LogP contribution >= 0.6 is 0 Å². The summed E-state index contributed by atoms with van der Waals surface area (Å²) in [6.45, 7) is 7.58. The molecule has 2 aliphatic heterocycles. The Balaban J connectivity index is 1.39. The quantitative estimate of drug-likeness (QED) is 0.849. The Morgan fingerprint density at radius 3 is 2.54 bits per heavy atom. The summed E-state index contributed by atoms with van der Waals surface area (Å²) in [4.78, 5) is 24.6. The Morgan fingerprint density at radius 2 is 1.86 bits per heavy atom. The molecule has 8 nitrogen and oxygen atoms in total. The van der Waals surface area contributed by atoms with Crippen molar-refractivity contribution in [3.8, 4) is 11.5 Å². The molecule has 4 rings (SSSR count). The van der Waals surface area contributed by atoms with Gasteiger partial charge in [0.2, 0.25) is 18.6 Å². The summed E-state index contributed by atoms with van der Waals surface area (Å²) in [5.41, 5.74) is 1.87. The van der Waals surface area contributed by atoms with Crippen LogP contribution in [0.2, 0.25) is 0 Å². The van der Waals surface area contributed by atoms with E-state index in [0.717, 1.165) is 44.1 Å². The topological polar surface area (TPSA) is 79.8 Å². The van der Waals surface area contributed by atoms with Crippen molar-refractivity contribution < 1.29 is 14.3 Å². The first-order valence-corrected chi connectivity index (χ1v) is 9.62. The first kappa shape index (κ1) is 18.5. The SMILES string of the molecule is CCC(c1ccc2c(c1)OCO2)N1CCN(c2ncc(NC(C)=O)cn2)CC1. The lowest BCUT2D eigenvalue weighted by atomic mass is 10.0. The highest BCUT2D eigenvalue weighted by molar-refractivity contribution is 5.88. The van der Waals surface area contributed by atoms with Crippen molar-refractivity contribution in [2.75, 3.05) is 43.2 Å². The van der Waals surface area contributed by atoms with Crippen LogP contribution in [0.1, 0.15) is 31.9 Å². The van der Waals surface area contributed by atoms with E-state index in [0.29, 0.717) is 24.5 Å². The standard InChI is InChI=1S/C20H25N5O3/c1-3-17(15-4-5-18-19(10-15)28-13-27-18)24-6-8-25(9-7-24)20-21-11-16(12-22-20)23-14(2)26/h4-5,10-12,17H,3,6-9,13H2,1-2H3,(H,23,26). The van der Waals surface area contributed by atoms with Crippen molar-refractivity contribution in [3.05, 3.63) is 36.2 Å². The summed E-state index contributed by atoms with van der Waals surface area (Å²) in [5, 5.41) is 2.69. The number of fused-ring (bicyclic) bond motifs is 1. The van der Waals surface area contributed by atoms with E-state index in [1.807, 2.05) is 6.07 Å². The van der Waals surface area contributed by atoms with E-state index in [9.17, 15) is 4.79 Å². The molecular weight excluding hydrogens is 358 g/mol. The number of hydrogen-bond acceptors (Lipinski definition) is 7. The highest BCUT2D eigenvalue weighted by Crippen LogP contribution is 2.36. The van der Waals surface area contributed by atoms with Gasteiger partial charge >= 0.3 is 0 Å². The number of aromatic nitrogens is 2. The zero-order valence-electron chi connectivity index (χ0n) is 16.2. The minimum Gasteiger partial charge on any atom is -0.454 e. The molecule has 1 atom stereocenters. The zero-order chi connectivity index (χ0) is 19.5.